The van der Waals surface area contributed by atoms with E-state index in [2.05, 4.69) is 69.6 Å². The minimum atomic E-state index is -6.47. The highest BCUT2D eigenvalue weighted by Gasteiger charge is 2.86. The second-order valence-electron chi connectivity index (χ2n) is 3.29. The number of hydrogen-bond acceptors (Lipinski definition) is 0. The van der Waals surface area contributed by atoms with Gasteiger partial charge in [-0.2, -0.15) is 26.3 Å². The first-order valence-electron chi connectivity index (χ1n) is 3.90. The van der Waals surface area contributed by atoms with Crippen LogP contribution >= 0.6 is 69.6 Å². The van der Waals surface area contributed by atoms with E-state index < -0.39 is 31.3 Å². The monoisotopic (exact) mass is 434 g/mol. The number of hydrogen-bond donors (Lipinski definition) is 0. The van der Waals surface area contributed by atoms with Crippen LogP contribution in [0.15, 0.2) is 0 Å². The van der Waals surface area contributed by atoms with Gasteiger partial charge in [-0.05, 0) is 11.6 Å². The van der Waals surface area contributed by atoms with Gasteiger partial charge in [0.2, 0.25) is 0 Å². The fraction of sp³-hybridized carbons (Fsp3) is 1.00. The first-order valence-corrected chi connectivity index (χ1v) is 6.16. The lowest BCUT2D eigenvalue weighted by Gasteiger charge is -2.41. The van der Waals surface area contributed by atoms with Gasteiger partial charge in [0, 0.05) is 0 Å². The summed E-state index contributed by atoms with van der Waals surface area (Å²) in [7, 11) is 0. The van der Waals surface area contributed by atoms with E-state index in [0.29, 0.717) is 0 Å². The molecule has 0 aromatic rings. The summed E-state index contributed by atoms with van der Waals surface area (Å²) < 4.78 is 100. The molecule has 0 amide bonds. The molecule has 0 bridgehead atoms. The van der Waals surface area contributed by atoms with Gasteiger partial charge < -0.3 is 0 Å². The number of rotatable bonds is 4. The van der Waals surface area contributed by atoms with Crippen LogP contribution in [-0.4, -0.2) is 31.3 Å². The molecule has 0 nitrogen and oxygen atoms in total. The second kappa shape index (κ2) is 5.37. The summed E-state index contributed by atoms with van der Waals surface area (Å²) in [5.41, 5.74) is 0. The zero-order chi connectivity index (χ0) is 17.0. The average molecular weight is 437 g/mol. The molecule has 2 atom stereocenters. The minimum Gasteiger partial charge on any atom is -0.212 e. The third kappa shape index (κ3) is 2.97. The van der Waals surface area contributed by atoms with Crippen LogP contribution in [0.4, 0.5) is 35.1 Å². The van der Waals surface area contributed by atoms with Crippen LogP contribution < -0.4 is 0 Å². The molecule has 0 heterocycles. The van der Waals surface area contributed by atoms with E-state index in [1.54, 1.807) is 0 Å². The molecule has 0 spiro atoms. The third-order valence-electron chi connectivity index (χ3n) is 1.90. The SMILES string of the molecule is FC(F)(Cl)[C@](F)(Cl)C(F)(F)[C@@](F)(Cl)C(F)(F)C(Cl)(Cl)Cl. The molecule has 0 saturated heterocycles. The van der Waals surface area contributed by atoms with Gasteiger partial charge in [-0.25, -0.2) is 8.78 Å². The standard InChI is InChI=1S/C6Cl6F8/c7-1(13,4(17,18)5(9,10)11)3(15,16)2(8,14)6(12,19)20/t1-,2-/m0/s1. The molecule has 0 fully saturated rings. The molecule has 14 heteroatoms. The molecule has 0 rings (SSSR count). The van der Waals surface area contributed by atoms with Crippen LogP contribution in [0.1, 0.15) is 0 Å². The van der Waals surface area contributed by atoms with Crippen LogP contribution in [0.2, 0.25) is 0 Å². The lowest BCUT2D eigenvalue weighted by molar-refractivity contribution is -0.264. The Morgan fingerprint density at radius 1 is 0.450 bits per heavy atom. The minimum absolute atomic E-state index is 3.89. The zero-order valence-electron chi connectivity index (χ0n) is 8.29. The van der Waals surface area contributed by atoms with E-state index in [0.717, 1.165) is 0 Å². The Labute approximate surface area is 136 Å². The van der Waals surface area contributed by atoms with Gasteiger partial charge in [-0.15, -0.1) is 0 Å². The van der Waals surface area contributed by atoms with Crippen molar-refractivity contribution in [2.45, 2.75) is 31.3 Å². The normalized spacial score (nSPS) is 21.3. The molecule has 0 unspecified atom stereocenters. The van der Waals surface area contributed by atoms with Crippen molar-refractivity contribution in [3.8, 4) is 0 Å². The molecule has 20 heavy (non-hydrogen) atoms. The Morgan fingerprint density at radius 2 is 0.750 bits per heavy atom. The highest BCUT2D eigenvalue weighted by atomic mass is 35.6. The topological polar surface area (TPSA) is 0 Å². The van der Waals surface area contributed by atoms with E-state index in [1.165, 1.54) is 0 Å². The third-order valence-corrected chi connectivity index (χ3v) is 3.91. The summed E-state index contributed by atoms with van der Waals surface area (Å²) >= 11 is 25.7. The Balaban J connectivity index is 6.08. The van der Waals surface area contributed by atoms with Crippen LogP contribution in [0.25, 0.3) is 0 Å². The first-order chi connectivity index (χ1) is 8.25. The highest BCUT2D eigenvalue weighted by Crippen LogP contribution is 2.63. The second-order valence-corrected chi connectivity index (χ2v) is 7.09. The predicted octanol–water partition coefficient (Wildman–Crippen LogP) is 6.27. The molecule has 122 valence electrons. The Hall–Kier alpha value is 1.18. The summed E-state index contributed by atoms with van der Waals surface area (Å²) in [6.45, 7) is 0. The molecule has 0 aromatic carbocycles. The summed E-state index contributed by atoms with van der Waals surface area (Å²) in [6, 6.07) is 0. The van der Waals surface area contributed by atoms with Crippen molar-refractivity contribution in [1.82, 2.24) is 0 Å². The van der Waals surface area contributed by atoms with Crippen LogP contribution in [0.3, 0.4) is 0 Å². The highest BCUT2D eigenvalue weighted by molar-refractivity contribution is 6.68. The quantitative estimate of drug-likeness (QED) is 0.360. The molecule has 0 N–H and O–H groups in total. The average Bonchev–Trinajstić information content (AvgIpc) is 2.12. The Kier molecular flexibility index (Phi) is 5.69. The summed E-state index contributed by atoms with van der Waals surface area (Å²) in [5, 5.41) is -17.5. The lowest BCUT2D eigenvalue weighted by atomic mass is 10.0. The van der Waals surface area contributed by atoms with Crippen LogP contribution in [-0.2, 0) is 0 Å². The van der Waals surface area contributed by atoms with Crippen molar-refractivity contribution in [2.24, 2.45) is 0 Å². The van der Waals surface area contributed by atoms with Gasteiger partial charge in [-0.1, -0.05) is 58.0 Å². The van der Waals surface area contributed by atoms with E-state index in [1.807, 2.05) is 0 Å². The Morgan fingerprint density at radius 3 is 0.950 bits per heavy atom. The fourth-order valence-electron chi connectivity index (χ4n) is 0.750. The molecule has 0 radical (unpaired) electrons. The molecular weight excluding hydrogens is 437 g/mol. The summed E-state index contributed by atoms with van der Waals surface area (Å²) in [6.07, 6.45) is 0. The zero-order valence-corrected chi connectivity index (χ0v) is 12.8. The maximum atomic E-state index is 13.5. The molecule has 0 aliphatic heterocycles. The largest absolute Gasteiger partial charge is 0.375 e. The number of alkyl halides is 14. The van der Waals surface area contributed by atoms with Crippen molar-refractivity contribution in [3.63, 3.8) is 0 Å². The molecular formula is C6Cl6F8. The summed E-state index contributed by atoms with van der Waals surface area (Å²) in [4.78, 5) is 0. The molecule has 0 aromatic heterocycles. The van der Waals surface area contributed by atoms with Gasteiger partial charge in [-0.3, -0.25) is 0 Å². The summed E-state index contributed by atoms with van der Waals surface area (Å²) in [5.74, 6) is -12.3. The van der Waals surface area contributed by atoms with Gasteiger partial charge in [0.05, 0.1) is 0 Å². The fourth-order valence-corrected chi connectivity index (χ4v) is 1.86. The number of halogens is 14. The van der Waals surface area contributed by atoms with Crippen molar-refractivity contribution in [3.05, 3.63) is 0 Å². The van der Waals surface area contributed by atoms with Crippen molar-refractivity contribution < 1.29 is 35.1 Å². The van der Waals surface area contributed by atoms with Gasteiger partial charge >= 0.3 is 27.5 Å². The van der Waals surface area contributed by atoms with Crippen LogP contribution in [0, 0.1) is 0 Å². The van der Waals surface area contributed by atoms with Crippen molar-refractivity contribution in [2.75, 3.05) is 0 Å². The van der Waals surface area contributed by atoms with E-state index >= 15 is 0 Å². The molecule has 0 aliphatic rings. The van der Waals surface area contributed by atoms with Crippen molar-refractivity contribution >= 4 is 69.6 Å². The molecule has 0 saturated carbocycles. The molecule has 0 aliphatic carbocycles. The predicted molar refractivity (Wildman–Crippen MR) is 60.4 cm³/mol. The smallest absolute Gasteiger partial charge is 0.212 e. The first kappa shape index (κ1) is 21.2. The maximum Gasteiger partial charge on any atom is 0.375 e. The van der Waals surface area contributed by atoms with Crippen molar-refractivity contribution in [1.29, 1.82) is 0 Å². The Bertz CT molecular complexity index is 333. The van der Waals surface area contributed by atoms with E-state index in [9.17, 15) is 35.1 Å². The van der Waals surface area contributed by atoms with E-state index in [4.69, 9.17) is 0 Å². The maximum absolute atomic E-state index is 13.5. The van der Waals surface area contributed by atoms with Gasteiger partial charge in [0.1, 0.15) is 0 Å². The van der Waals surface area contributed by atoms with E-state index in [-0.39, 0.29) is 0 Å². The van der Waals surface area contributed by atoms with Gasteiger partial charge in [0.25, 0.3) is 3.79 Å². The lowest BCUT2D eigenvalue weighted by Crippen LogP contribution is -2.67. The van der Waals surface area contributed by atoms with Gasteiger partial charge in [0.15, 0.2) is 0 Å². The van der Waals surface area contributed by atoms with Crippen LogP contribution in [0.5, 0.6) is 0 Å².